The van der Waals surface area contributed by atoms with Crippen LogP contribution in [0.2, 0.25) is 0 Å². The average molecular weight is 283 g/mol. The van der Waals surface area contributed by atoms with E-state index in [9.17, 15) is 9.90 Å². The third-order valence-electron chi connectivity index (χ3n) is 3.82. The van der Waals surface area contributed by atoms with Gasteiger partial charge in [0.2, 0.25) is 0 Å². The number of hydrogen-bond donors (Lipinski definition) is 1. The van der Waals surface area contributed by atoms with Crippen molar-refractivity contribution < 1.29 is 9.90 Å². The number of hydrogen-bond acceptors (Lipinski definition) is 4. The zero-order valence-electron chi connectivity index (χ0n) is 10.2. The first-order valence-corrected chi connectivity index (χ1v) is 8.40. The van der Waals surface area contributed by atoms with Crippen molar-refractivity contribution in [1.82, 2.24) is 4.90 Å². The average Bonchev–Trinajstić information content (AvgIpc) is 2.98. The van der Waals surface area contributed by atoms with Crippen molar-refractivity contribution in [2.45, 2.75) is 18.9 Å². The fourth-order valence-corrected chi connectivity index (χ4v) is 5.09. The standard InChI is InChI=1S/C13H17NO2S2/c15-13(16)12-10-3-6-18-11(10)1-4-14(12)7-9-2-5-17-8-9/h3,6,9,12H,1-2,4-5,7-8H2,(H,15,16). The topological polar surface area (TPSA) is 40.5 Å². The van der Waals surface area contributed by atoms with Crippen LogP contribution in [0.4, 0.5) is 0 Å². The SMILES string of the molecule is O=C(O)C1c2ccsc2CCN1CC1CCSC1. The molecule has 3 heterocycles. The van der Waals surface area contributed by atoms with Crippen molar-refractivity contribution in [2.24, 2.45) is 5.92 Å². The van der Waals surface area contributed by atoms with E-state index in [2.05, 4.69) is 4.90 Å². The fraction of sp³-hybridized carbons (Fsp3) is 0.615. The summed E-state index contributed by atoms with van der Waals surface area (Å²) in [5.41, 5.74) is 1.03. The van der Waals surface area contributed by atoms with Gasteiger partial charge < -0.3 is 5.11 Å². The highest BCUT2D eigenvalue weighted by Crippen LogP contribution is 2.35. The molecule has 2 atom stereocenters. The molecule has 0 spiro atoms. The Morgan fingerprint density at radius 1 is 1.56 bits per heavy atom. The second-order valence-corrected chi connectivity index (χ2v) is 7.16. The van der Waals surface area contributed by atoms with Crippen LogP contribution in [0.1, 0.15) is 22.9 Å². The molecule has 1 fully saturated rings. The fourth-order valence-electron chi connectivity index (χ4n) is 2.91. The van der Waals surface area contributed by atoms with Crippen LogP contribution >= 0.6 is 23.1 Å². The van der Waals surface area contributed by atoms with Crippen molar-refractivity contribution in [3.8, 4) is 0 Å². The number of thioether (sulfide) groups is 1. The summed E-state index contributed by atoms with van der Waals surface area (Å²) >= 11 is 3.69. The van der Waals surface area contributed by atoms with Crippen LogP contribution in [0.5, 0.6) is 0 Å². The second kappa shape index (κ2) is 5.23. The van der Waals surface area contributed by atoms with Gasteiger partial charge in [-0.3, -0.25) is 9.69 Å². The van der Waals surface area contributed by atoms with Crippen LogP contribution in [0, 0.1) is 5.92 Å². The van der Waals surface area contributed by atoms with Crippen molar-refractivity contribution in [1.29, 1.82) is 0 Å². The lowest BCUT2D eigenvalue weighted by Gasteiger charge is -2.34. The number of nitrogens with zero attached hydrogens (tertiary/aromatic N) is 1. The number of carbonyl (C=O) groups is 1. The molecule has 5 heteroatoms. The molecule has 1 saturated heterocycles. The van der Waals surface area contributed by atoms with Crippen molar-refractivity contribution in [2.75, 3.05) is 24.6 Å². The molecule has 0 radical (unpaired) electrons. The van der Waals surface area contributed by atoms with E-state index < -0.39 is 12.0 Å². The van der Waals surface area contributed by atoms with Gasteiger partial charge in [-0.1, -0.05) is 0 Å². The Morgan fingerprint density at radius 3 is 3.17 bits per heavy atom. The minimum atomic E-state index is -0.694. The lowest BCUT2D eigenvalue weighted by molar-refractivity contribution is -0.144. The minimum absolute atomic E-state index is 0.411. The van der Waals surface area contributed by atoms with Crippen LogP contribution in [-0.4, -0.2) is 40.6 Å². The second-order valence-electron chi connectivity index (χ2n) is 5.01. The van der Waals surface area contributed by atoms with Crippen molar-refractivity contribution in [3.63, 3.8) is 0 Å². The van der Waals surface area contributed by atoms with E-state index in [1.807, 2.05) is 23.2 Å². The number of carboxylic acids is 1. The molecular formula is C13H17NO2S2. The third-order valence-corrected chi connectivity index (χ3v) is 6.04. The van der Waals surface area contributed by atoms with Crippen molar-refractivity contribution >= 4 is 29.1 Å². The quantitative estimate of drug-likeness (QED) is 0.925. The van der Waals surface area contributed by atoms with E-state index in [4.69, 9.17) is 0 Å². The molecule has 0 aromatic carbocycles. The molecule has 18 heavy (non-hydrogen) atoms. The minimum Gasteiger partial charge on any atom is -0.480 e. The molecule has 0 saturated carbocycles. The predicted octanol–water partition coefficient (Wildman–Crippen LogP) is 2.49. The summed E-state index contributed by atoms with van der Waals surface area (Å²) in [4.78, 5) is 15.0. The molecule has 2 unspecified atom stereocenters. The predicted molar refractivity (Wildman–Crippen MR) is 75.4 cm³/mol. The number of fused-ring (bicyclic) bond motifs is 1. The van der Waals surface area contributed by atoms with E-state index in [0.717, 1.165) is 25.1 Å². The van der Waals surface area contributed by atoms with Gasteiger partial charge in [0.05, 0.1) is 0 Å². The summed E-state index contributed by atoms with van der Waals surface area (Å²) in [5.74, 6) is 2.41. The normalized spacial score (nSPS) is 28.2. The maximum Gasteiger partial charge on any atom is 0.325 e. The smallest absolute Gasteiger partial charge is 0.325 e. The highest BCUT2D eigenvalue weighted by Gasteiger charge is 2.35. The van der Waals surface area contributed by atoms with Gasteiger partial charge in [0, 0.05) is 18.0 Å². The molecule has 0 aliphatic carbocycles. The van der Waals surface area contributed by atoms with Gasteiger partial charge in [-0.25, -0.2) is 0 Å². The Hall–Kier alpha value is -0.520. The molecule has 1 aromatic heterocycles. The van der Waals surface area contributed by atoms with Gasteiger partial charge >= 0.3 is 5.97 Å². The van der Waals surface area contributed by atoms with Crippen LogP contribution < -0.4 is 0 Å². The Balaban J connectivity index is 1.79. The summed E-state index contributed by atoms with van der Waals surface area (Å²) in [6, 6.07) is 1.58. The number of aliphatic carboxylic acids is 1. The molecule has 0 bridgehead atoms. The lowest BCUT2D eigenvalue weighted by Crippen LogP contribution is -2.41. The zero-order valence-corrected chi connectivity index (χ0v) is 11.8. The van der Waals surface area contributed by atoms with Gasteiger partial charge in [-0.15, -0.1) is 11.3 Å². The van der Waals surface area contributed by atoms with Gasteiger partial charge in [0.1, 0.15) is 6.04 Å². The maximum absolute atomic E-state index is 11.6. The Labute approximate surface area is 115 Å². The number of thiophene rings is 1. The molecule has 1 aromatic rings. The molecule has 3 rings (SSSR count). The monoisotopic (exact) mass is 283 g/mol. The molecule has 0 amide bonds. The summed E-state index contributed by atoms with van der Waals surface area (Å²) < 4.78 is 0. The molecule has 2 aliphatic rings. The Morgan fingerprint density at radius 2 is 2.44 bits per heavy atom. The lowest BCUT2D eigenvalue weighted by atomic mass is 9.98. The van der Waals surface area contributed by atoms with Crippen molar-refractivity contribution in [3.05, 3.63) is 21.9 Å². The summed E-state index contributed by atoms with van der Waals surface area (Å²) in [6.07, 6.45) is 2.25. The van der Waals surface area contributed by atoms with Gasteiger partial charge in [-0.2, -0.15) is 11.8 Å². The summed E-state index contributed by atoms with van der Waals surface area (Å²) in [7, 11) is 0. The molecule has 1 N–H and O–H groups in total. The van der Waals surface area contributed by atoms with Gasteiger partial charge in [-0.05, 0) is 47.3 Å². The largest absolute Gasteiger partial charge is 0.480 e. The molecule has 2 aliphatic heterocycles. The van der Waals surface area contributed by atoms with Crippen LogP contribution in [0.15, 0.2) is 11.4 Å². The highest BCUT2D eigenvalue weighted by atomic mass is 32.2. The summed E-state index contributed by atoms with van der Waals surface area (Å²) in [5, 5.41) is 11.5. The molecule has 3 nitrogen and oxygen atoms in total. The zero-order chi connectivity index (χ0) is 12.5. The molecule has 98 valence electrons. The summed E-state index contributed by atoms with van der Waals surface area (Å²) in [6.45, 7) is 1.84. The first-order valence-electron chi connectivity index (χ1n) is 6.36. The van der Waals surface area contributed by atoms with E-state index in [1.165, 1.54) is 22.8 Å². The third kappa shape index (κ3) is 2.31. The van der Waals surface area contributed by atoms with E-state index in [-0.39, 0.29) is 0 Å². The molecular weight excluding hydrogens is 266 g/mol. The highest BCUT2D eigenvalue weighted by molar-refractivity contribution is 7.99. The van der Waals surface area contributed by atoms with Gasteiger partial charge in [0.25, 0.3) is 0 Å². The van der Waals surface area contributed by atoms with E-state index in [1.54, 1.807) is 11.3 Å². The van der Waals surface area contributed by atoms with Crippen LogP contribution in [0.25, 0.3) is 0 Å². The Bertz CT molecular complexity index is 440. The van der Waals surface area contributed by atoms with E-state index in [0.29, 0.717) is 5.92 Å². The first kappa shape index (κ1) is 12.5. The van der Waals surface area contributed by atoms with Gasteiger partial charge in [0.15, 0.2) is 0 Å². The first-order chi connectivity index (χ1) is 8.75. The number of carboxylic acid groups (broad SMARTS) is 1. The van der Waals surface area contributed by atoms with E-state index >= 15 is 0 Å². The maximum atomic E-state index is 11.6. The van der Waals surface area contributed by atoms with Crippen LogP contribution in [-0.2, 0) is 11.2 Å². The Kier molecular flexibility index (Phi) is 3.63. The van der Waals surface area contributed by atoms with Crippen LogP contribution in [0.3, 0.4) is 0 Å². The number of rotatable bonds is 3.